The summed E-state index contributed by atoms with van der Waals surface area (Å²) in [6.07, 6.45) is 1.19. The highest BCUT2D eigenvalue weighted by atomic mass is 35.5. The van der Waals surface area contributed by atoms with E-state index >= 15 is 0 Å². The number of rotatable bonds is 3. The van der Waals surface area contributed by atoms with Gasteiger partial charge in [-0.15, -0.1) is 0 Å². The second-order valence-electron chi connectivity index (χ2n) is 6.88. The SMILES string of the molecule is [C-]#[N+]c1ccc(NC(=O)N2CCn3nc(-c4cnc(F)c(Cl)c4)c(C(N)=O)c3C2)cc1F. The number of anilines is 1. The minimum absolute atomic E-state index is 0.00206. The second-order valence-corrected chi connectivity index (χ2v) is 7.29. The molecule has 0 spiro atoms. The third-order valence-electron chi connectivity index (χ3n) is 4.90. The number of halogens is 3. The van der Waals surface area contributed by atoms with Gasteiger partial charge in [0, 0.05) is 24.0 Å². The number of fused-ring (bicyclic) bond motifs is 1. The molecule has 3 amide bonds. The zero-order valence-corrected chi connectivity index (χ0v) is 17.0. The molecule has 3 aromatic rings. The number of carbonyl (C=O) groups is 2. The molecule has 12 heteroatoms. The minimum Gasteiger partial charge on any atom is -0.365 e. The Kier molecular flexibility index (Phi) is 5.46. The summed E-state index contributed by atoms with van der Waals surface area (Å²) in [6.45, 7) is 7.40. The number of hydrogen-bond acceptors (Lipinski definition) is 4. The summed E-state index contributed by atoms with van der Waals surface area (Å²) in [6, 6.07) is 4.49. The molecule has 0 saturated heterocycles. The van der Waals surface area contributed by atoms with Crippen molar-refractivity contribution in [3.8, 4) is 11.3 Å². The van der Waals surface area contributed by atoms with Crippen LogP contribution in [0.15, 0.2) is 30.5 Å². The molecule has 0 aliphatic carbocycles. The number of benzene rings is 1. The van der Waals surface area contributed by atoms with E-state index < -0.39 is 23.7 Å². The first-order valence-electron chi connectivity index (χ1n) is 9.22. The van der Waals surface area contributed by atoms with E-state index in [9.17, 15) is 18.4 Å². The van der Waals surface area contributed by atoms with Crippen LogP contribution in [0, 0.1) is 18.3 Å². The van der Waals surface area contributed by atoms with Crippen LogP contribution < -0.4 is 11.1 Å². The van der Waals surface area contributed by atoms with Gasteiger partial charge in [0.05, 0.1) is 35.9 Å². The summed E-state index contributed by atoms with van der Waals surface area (Å²) >= 11 is 5.80. The maximum Gasteiger partial charge on any atom is 0.322 e. The van der Waals surface area contributed by atoms with Crippen molar-refractivity contribution in [3.63, 3.8) is 0 Å². The van der Waals surface area contributed by atoms with Crippen LogP contribution in [-0.4, -0.2) is 38.1 Å². The lowest BCUT2D eigenvalue weighted by atomic mass is 10.1. The Morgan fingerprint density at radius 2 is 2.03 bits per heavy atom. The Morgan fingerprint density at radius 3 is 2.69 bits per heavy atom. The van der Waals surface area contributed by atoms with Gasteiger partial charge >= 0.3 is 6.03 Å². The maximum atomic E-state index is 13.8. The largest absolute Gasteiger partial charge is 0.365 e. The number of primary amides is 1. The molecule has 0 atom stereocenters. The van der Waals surface area contributed by atoms with E-state index in [-0.39, 0.29) is 47.3 Å². The molecule has 4 rings (SSSR count). The molecule has 3 heterocycles. The Balaban J connectivity index is 1.61. The molecule has 1 aromatic carbocycles. The van der Waals surface area contributed by atoms with E-state index in [1.165, 1.54) is 29.3 Å². The van der Waals surface area contributed by atoms with Gasteiger partial charge in [0.1, 0.15) is 11.5 Å². The summed E-state index contributed by atoms with van der Waals surface area (Å²) < 4.78 is 28.8. The third-order valence-corrected chi connectivity index (χ3v) is 5.17. The molecule has 9 nitrogen and oxygen atoms in total. The van der Waals surface area contributed by atoms with Crippen LogP contribution >= 0.6 is 11.6 Å². The van der Waals surface area contributed by atoms with E-state index in [1.54, 1.807) is 4.68 Å². The average molecular weight is 458 g/mol. The van der Waals surface area contributed by atoms with Gasteiger partial charge in [-0.25, -0.2) is 19.0 Å². The maximum absolute atomic E-state index is 13.8. The van der Waals surface area contributed by atoms with E-state index in [0.29, 0.717) is 11.3 Å². The van der Waals surface area contributed by atoms with Gasteiger partial charge in [0.2, 0.25) is 11.6 Å². The fraction of sp³-hybridized carbons (Fsp3) is 0.150. The molecule has 162 valence electrons. The highest BCUT2D eigenvalue weighted by molar-refractivity contribution is 6.30. The monoisotopic (exact) mass is 457 g/mol. The predicted molar refractivity (Wildman–Crippen MR) is 111 cm³/mol. The van der Waals surface area contributed by atoms with Crippen LogP contribution in [0.2, 0.25) is 5.02 Å². The summed E-state index contributed by atoms with van der Waals surface area (Å²) in [5, 5.41) is 6.71. The summed E-state index contributed by atoms with van der Waals surface area (Å²) in [5.41, 5.74) is 6.55. The van der Waals surface area contributed by atoms with Crippen LogP contribution in [0.4, 0.5) is 25.0 Å². The average Bonchev–Trinajstić information content (AvgIpc) is 3.14. The van der Waals surface area contributed by atoms with Gasteiger partial charge in [0.15, 0.2) is 0 Å². The number of urea groups is 1. The number of amides is 3. The number of nitrogens with zero attached hydrogens (tertiary/aromatic N) is 5. The van der Waals surface area contributed by atoms with E-state index in [2.05, 4.69) is 20.2 Å². The minimum atomic E-state index is -0.858. The van der Waals surface area contributed by atoms with Gasteiger partial charge in [-0.05, 0) is 18.2 Å². The Hall–Kier alpha value is -4.04. The number of nitrogens with two attached hydrogens (primary N) is 1. The standard InChI is InChI=1S/C20H14ClF2N7O2/c1-25-14-3-2-11(7-13(14)22)27-20(32)29-4-5-30-15(9-29)16(19(24)31)17(28-30)10-6-12(21)18(23)26-8-10/h2-3,6-8H,4-5,9H2,(H2,24,31)(H,27,32). The summed E-state index contributed by atoms with van der Waals surface area (Å²) in [4.78, 5) is 32.9. The molecule has 3 N–H and O–H groups in total. The molecular weight excluding hydrogens is 444 g/mol. The zero-order valence-electron chi connectivity index (χ0n) is 16.3. The number of hydrogen-bond donors (Lipinski definition) is 2. The molecule has 0 fully saturated rings. The zero-order chi connectivity index (χ0) is 23.0. The van der Waals surface area contributed by atoms with Crippen LogP contribution in [0.25, 0.3) is 16.1 Å². The summed E-state index contributed by atoms with van der Waals surface area (Å²) in [7, 11) is 0. The van der Waals surface area contributed by atoms with Gasteiger partial charge in [-0.1, -0.05) is 17.7 Å². The van der Waals surface area contributed by atoms with Crippen LogP contribution in [0.3, 0.4) is 0 Å². The van der Waals surface area contributed by atoms with Crippen molar-refractivity contribution in [2.45, 2.75) is 13.1 Å². The Bertz CT molecular complexity index is 1300. The highest BCUT2D eigenvalue weighted by Gasteiger charge is 2.30. The van der Waals surface area contributed by atoms with Crippen molar-refractivity contribution >= 4 is 34.9 Å². The Labute approximate surface area is 185 Å². The molecule has 1 aliphatic rings. The lowest BCUT2D eigenvalue weighted by molar-refractivity contribution is 0.0997. The molecule has 2 aromatic heterocycles. The van der Waals surface area contributed by atoms with Crippen molar-refractivity contribution < 1.29 is 18.4 Å². The number of nitrogens with one attached hydrogen (secondary N) is 1. The van der Waals surface area contributed by atoms with Crippen molar-refractivity contribution in [3.05, 3.63) is 69.9 Å². The fourth-order valence-corrected chi connectivity index (χ4v) is 3.55. The highest BCUT2D eigenvalue weighted by Crippen LogP contribution is 2.30. The van der Waals surface area contributed by atoms with Crippen LogP contribution in [-0.2, 0) is 13.1 Å². The number of pyridine rings is 1. The van der Waals surface area contributed by atoms with Crippen LogP contribution in [0.1, 0.15) is 16.1 Å². The van der Waals surface area contributed by atoms with Crippen molar-refractivity contribution in [2.24, 2.45) is 5.73 Å². The topological polar surface area (TPSA) is 110 Å². The molecule has 0 unspecified atom stereocenters. The van der Waals surface area contributed by atoms with Gasteiger partial charge in [0.25, 0.3) is 5.91 Å². The first-order chi connectivity index (χ1) is 15.3. The second kappa shape index (κ2) is 8.24. The molecule has 1 aliphatic heterocycles. The van der Waals surface area contributed by atoms with Gasteiger partial charge in [-0.3, -0.25) is 9.48 Å². The molecule has 0 saturated carbocycles. The molecule has 0 bridgehead atoms. The van der Waals surface area contributed by atoms with E-state index in [1.807, 2.05) is 0 Å². The lowest BCUT2D eigenvalue weighted by Crippen LogP contribution is -2.41. The Morgan fingerprint density at radius 1 is 1.25 bits per heavy atom. The smallest absolute Gasteiger partial charge is 0.322 e. The first kappa shape index (κ1) is 21.2. The fourth-order valence-electron chi connectivity index (χ4n) is 3.38. The predicted octanol–water partition coefficient (Wildman–Crippen LogP) is 3.57. The van der Waals surface area contributed by atoms with Gasteiger partial charge in [-0.2, -0.15) is 9.49 Å². The number of aromatic nitrogens is 3. The van der Waals surface area contributed by atoms with Crippen molar-refractivity contribution in [1.82, 2.24) is 19.7 Å². The van der Waals surface area contributed by atoms with Crippen molar-refractivity contribution in [1.29, 1.82) is 0 Å². The normalized spacial score (nSPS) is 12.8. The lowest BCUT2D eigenvalue weighted by Gasteiger charge is -2.28. The molecular formula is C20H14ClF2N7O2. The third kappa shape index (κ3) is 3.83. The first-order valence-corrected chi connectivity index (χ1v) is 9.60. The van der Waals surface area contributed by atoms with Crippen molar-refractivity contribution in [2.75, 3.05) is 11.9 Å². The quantitative estimate of drug-likeness (QED) is 0.462. The van der Waals surface area contributed by atoms with Gasteiger partial charge < -0.3 is 16.0 Å². The molecule has 32 heavy (non-hydrogen) atoms. The van der Waals surface area contributed by atoms with Crippen LogP contribution in [0.5, 0.6) is 0 Å². The molecule has 0 radical (unpaired) electrons. The summed E-state index contributed by atoms with van der Waals surface area (Å²) in [5.74, 6) is -2.38. The van der Waals surface area contributed by atoms with E-state index in [4.69, 9.17) is 23.9 Å². The van der Waals surface area contributed by atoms with E-state index in [0.717, 1.165) is 6.07 Å². The number of carbonyl (C=O) groups excluding carboxylic acids is 2.